The SMILES string of the molecule is Cc1cc(Cl)ccc1NC(=O)C(=O)N1CCN(Cc2ccc3c(c2)OCO3)CC1. The molecule has 0 radical (unpaired) electrons. The van der Waals surface area contributed by atoms with Crippen molar-refractivity contribution in [2.45, 2.75) is 13.5 Å². The fraction of sp³-hybridized carbons (Fsp3) is 0.333. The third kappa shape index (κ3) is 4.46. The fourth-order valence-electron chi connectivity index (χ4n) is 3.49. The summed E-state index contributed by atoms with van der Waals surface area (Å²) in [6, 6.07) is 11.1. The summed E-state index contributed by atoms with van der Waals surface area (Å²) in [7, 11) is 0. The van der Waals surface area contributed by atoms with Crippen LogP contribution in [0.25, 0.3) is 0 Å². The molecule has 29 heavy (non-hydrogen) atoms. The number of carbonyl (C=O) groups is 2. The minimum Gasteiger partial charge on any atom is -0.454 e. The predicted molar refractivity (Wildman–Crippen MR) is 109 cm³/mol. The van der Waals surface area contributed by atoms with E-state index >= 15 is 0 Å². The molecule has 0 bridgehead atoms. The monoisotopic (exact) mass is 415 g/mol. The second kappa shape index (κ2) is 8.31. The van der Waals surface area contributed by atoms with Crippen molar-refractivity contribution in [1.29, 1.82) is 0 Å². The first kappa shape index (κ1) is 19.5. The second-order valence-electron chi connectivity index (χ2n) is 7.17. The normalized spacial score (nSPS) is 16.0. The molecule has 0 aliphatic carbocycles. The average molecular weight is 416 g/mol. The smallest absolute Gasteiger partial charge is 0.313 e. The van der Waals surface area contributed by atoms with Gasteiger partial charge < -0.3 is 19.7 Å². The van der Waals surface area contributed by atoms with Crippen LogP contribution in [0.3, 0.4) is 0 Å². The Morgan fingerprint density at radius 1 is 1.03 bits per heavy atom. The molecule has 1 fully saturated rings. The third-order valence-corrected chi connectivity index (χ3v) is 5.37. The molecule has 4 rings (SSSR count). The number of aryl methyl sites for hydroxylation is 1. The van der Waals surface area contributed by atoms with Crippen molar-refractivity contribution >= 4 is 29.1 Å². The van der Waals surface area contributed by atoms with E-state index in [0.29, 0.717) is 36.9 Å². The zero-order valence-electron chi connectivity index (χ0n) is 16.1. The highest BCUT2D eigenvalue weighted by molar-refractivity contribution is 6.39. The van der Waals surface area contributed by atoms with Gasteiger partial charge >= 0.3 is 11.8 Å². The van der Waals surface area contributed by atoms with Crippen LogP contribution in [0.5, 0.6) is 11.5 Å². The van der Waals surface area contributed by atoms with E-state index < -0.39 is 11.8 Å². The quantitative estimate of drug-likeness (QED) is 0.780. The highest BCUT2D eigenvalue weighted by Crippen LogP contribution is 2.32. The molecule has 0 saturated carbocycles. The number of fused-ring (bicyclic) bond motifs is 1. The van der Waals surface area contributed by atoms with Gasteiger partial charge in [0.15, 0.2) is 11.5 Å². The lowest BCUT2D eigenvalue weighted by Gasteiger charge is -2.34. The molecule has 0 aromatic heterocycles. The lowest BCUT2D eigenvalue weighted by molar-refractivity contribution is -0.144. The van der Waals surface area contributed by atoms with Crippen LogP contribution >= 0.6 is 11.6 Å². The van der Waals surface area contributed by atoms with E-state index in [4.69, 9.17) is 21.1 Å². The number of hydrogen-bond acceptors (Lipinski definition) is 5. The van der Waals surface area contributed by atoms with E-state index in [0.717, 1.165) is 29.2 Å². The van der Waals surface area contributed by atoms with Crippen LogP contribution in [0, 0.1) is 6.92 Å². The molecule has 0 spiro atoms. The minimum absolute atomic E-state index is 0.261. The Balaban J connectivity index is 1.29. The van der Waals surface area contributed by atoms with Crippen molar-refractivity contribution in [2.24, 2.45) is 0 Å². The molecule has 2 aliphatic heterocycles. The Labute approximate surface area is 174 Å². The highest BCUT2D eigenvalue weighted by Gasteiger charge is 2.26. The number of hydrogen-bond donors (Lipinski definition) is 1. The molecule has 2 amide bonds. The number of benzene rings is 2. The maximum Gasteiger partial charge on any atom is 0.313 e. The lowest BCUT2D eigenvalue weighted by Crippen LogP contribution is -2.51. The number of nitrogens with zero attached hydrogens (tertiary/aromatic N) is 2. The Bertz CT molecular complexity index is 942. The summed E-state index contributed by atoms with van der Waals surface area (Å²) in [5.41, 5.74) is 2.53. The fourth-order valence-corrected chi connectivity index (χ4v) is 3.72. The number of amides is 2. The summed E-state index contributed by atoms with van der Waals surface area (Å²) in [6.07, 6.45) is 0. The van der Waals surface area contributed by atoms with Gasteiger partial charge in [-0.15, -0.1) is 0 Å². The van der Waals surface area contributed by atoms with E-state index in [1.165, 1.54) is 0 Å². The van der Waals surface area contributed by atoms with Crippen LogP contribution in [-0.2, 0) is 16.1 Å². The maximum absolute atomic E-state index is 12.5. The van der Waals surface area contributed by atoms with E-state index in [-0.39, 0.29) is 6.79 Å². The molecule has 2 aliphatic rings. The summed E-state index contributed by atoms with van der Waals surface area (Å²) in [4.78, 5) is 28.7. The molecular formula is C21H22ClN3O4. The molecule has 2 aromatic carbocycles. The molecule has 1 N–H and O–H groups in total. The van der Waals surface area contributed by atoms with Gasteiger partial charge in [-0.2, -0.15) is 0 Å². The van der Waals surface area contributed by atoms with Gasteiger partial charge in [-0.25, -0.2) is 0 Å². The second-order valence-corrected chi connectivity index (χ2v) is 7.61. The van der Waals surface area contributed by atoms with Crippen LogP contribution in [0.2, 0.25) is 5.02 Å². The third-order valence-electron chi connectivity index (χ3n) is 5.13. The van der Waals surface area contributed by atoms with E-state index in [2.05, 4.69) is 10.2 Å². The summed E-state index contributed by atoms with van der Waals surface area (Å²) >= 11 is 5.93. The summed E-state index contributed by atoms with van der Waals surface area (Å²) < 4.78 is 10.8. The standard InChI is InChI=1S/C21H22ClN3O4/c1-14-10-16(22)3-4-17(14)23-20(26)21(27)25-8-6-24(7-9-25)12-15-2-5-18-19(11-15)29-13-28-18/h2-5,10-11H,6-9,12-13H2,1H3,(H,23,26). The van der Waals surface area contributed by atoms with Crippen molar-refractivity contribution in [3.8, 4) is 11.5 Å². The topological polar surface area (TPSA) is 71.1 Å². The Kier molecular flexibility index (Phi) is 5.60. The molecule has 7 nitrogen and oxygen atoms in total. The van der Waals surface area contributed by atoms with E-state index in [1.54, 1.807) is 23.1 Å². The van der Waals surface area contributed by atoms with Gasteiger partial charge in [-0.05, 0) is 48.4 Å². The van der Waals surface area contributed by atoms with Gasteiger partial charge in [-0.1, -0.05) is 17.7 Å². The molecule has 0 unspecified atom stereocenters. The molecule has 0 atom stereocenters. The molecule has 2 aromatic rings. The van der Waals surface area contributed by atoms with Crippen molar-refractivity contribution in [3.63, 3.8) is 0 Å². The number of carbonyl (C=O) groups excluding carboxylic acids is 2. The van der Waals surface area contributed by atoms with Crippen LogP contribution in [-0.4, -0.2) is 54.6 Å². The van der Waals surface area contributed by atoms with Crippen LogP contribution in [0.1, 0.15) is 11.1 Å². The van der Waals surface area contributed by atoms with Crippen LogP contribution < -0.4 is 14.8 Å². The summed E-state index contributed by atoms with van der Waals surface area (Å²) in [5, 5.41) is 3.27. The first-order chi connectivity index (χ1) is 14.0. The van der Waals surface area contributed by atoms with Crippen molar-refractivity contribution in [3.05, 3.63) is 52.5 Å². The highest BCUT2D eigenvalue weighted by atomic mass is 35.5. The van der Waals surface area contributed by atoms with E-state index in [1.807, 2.05) is 25.1 Å². The Hall–Kier alpha value is -2.77. The Morgan fingerprint density at radius 3 is 2.55 bits per heavy atom. The van der Waals surface area contributed by atoms with Crippen molar-refractivity contribution in [2.75, 3.05) is 38.3 Å². The van der Waals surface area contributed by atoms with Crippen molar-refractivity contribution in [1.82, 2.24) is 9.80 Å². The van der Waals surface area contributed by atoms with Gasteiger partial charge in [-0.3, -0.25) is 14.5 Å². The molecule has 8 heteroatoms. The molecule has 2 heterocycles. The first-order valence-corrected chi connectivity index (χ1v) is 9.85. The molecular weight excluding hydrogens is 394 g/mol. The van der Waals surface area contributed by atoms with Crippen LogP contribution in [0.15, 0.2) is 36.4 Å². The largest absolute Gasteiger partial charge is 0.454 e. The number of nitrogens with one attached hydrogen (secondary N) is 1. The van der Waals surface area contributed by atoms with Gasteiger partial charge in [0.05, 0.1) is 0 Å². The number of ether oxygens (including phenoxy) is 2. The van der Waals surface area contributed by atoms with Gasteiger partial charge in [0.25, 0.3) is 0 Å². The van der Waals surface area contributed by atoms with Gasteiger partial charge in [0, 0.05) is 43.4 Å². The number of halogens is 1. The van der Waals surface area contributed by atoms with Crippen LogP contribution in [0.4, 0.5) is 5.69 Å². The lowest BCUT2D eigenvalue weighted by atomic mass is 10.1. The minimum atomic E-state index is -0.625. The van der Waals surface area contributed by atoms with Gasteiger partial charge in [0.2, 0.25) is 6.79 Å². The van der Waals surface area contributed by atoms with E-state index in [9.17, 15) is 9.59 Å². The summed E-state index contributed by atoms with van der Waals surface area (Å²) in [6.45, 7) is 5.28. The predicted octanol–water partition coefficient (Wildman–Crippen LogP) is 2.66. The Morgan fingerprint density at radius 2 is 1.79 bits per heavy atom. The van der Waals surface area contributed by atoms with Gasteiger partial charge in [0.1, 0.15) is 0 Å². The molecule has 1 saturated heterocycles. The zero-order chi connectivity index (χ0) is 20.4. The summed E-state index contributed by atoms with van der Waals surface area (Å²) in [5.74, 6) is 0.401. The molecule has 152 valence electrons. The number of anilines is 1. The maximum atomic E-state index is 12.5. The average Bonchev–Trinajstić information content (AvgIpc) is 3.18. The zero-order valence-corrected chi connectivity index (χ0v) is 16.9. The number of piperazine rings is 1. The first-order valence-electron chi connectivity index (χ1n) is 9.47. The number of rotatable bonds is 3. The van der Waals surface area contributed by atoms with Crippen molar-refractivity contribution < 1.29 is 19.1 Å².